The summed E-state index contributed by atoms with van der Waals surface area (Å²) in [7, 11) is 2.92. The second-order valence-electron chi connectivity index (χ2n) is 8.16. The van der Waals surface area contributed by atoms with Gasteiger partial charge in [0.2, 0.25) is 5.91 Å². The first-order chi connectivity index (χ1) is 17.4. The van der Waals surface area contributed by atoms with Gasteiger partial charge in [-0.2, -0.15) is 0 Å². The van der Waals surface area contributed by atoms with Crippen LogP contribution in [0.5, 0.6) is 11.6 Å². The second kappa shape index (κ2) is 15.1. The van der Waals surface area contributed by atoms with Crippen molar-refractivity contribution in [3.05, 3.63) is 57.9 Å². The highest BCUT2D eigenvalue weighted by Gasteiger charge is 2.28. The number of aldehydes is 2. The van der Waals surface area contributed by atoms with Crippen LogP contribution in [0.15, 0.2) is 41.3 Å². The van der Waals surface area contributed by atoms with Gasteiger partial charge < -0.3 is 29.5 Å². The zero-order valence-electron chi connectivity index (χ0n) is 20.7. The molecule has 2 aromatic rings. The van der Waals surface area contributed by atoms with Crippen molar-refractivity contribution < 1.29 is 28.7 Å². The third kappa shape index (κ3) is 8.68. The molecule has 1 aromatic heterocycles. The average Bonchev–Trinajstić information content (AvgIpc) is 2.89. The largest absolute Gasteiger partial charge is 0.494 e. The van der Waals surface area contributed by atoms with Crippen LogP contribution in [0.4, 0.5) is 0 Å². The van der Waals surface area contributed by atoms with Crippen molar-refractivity contribution in [1.29, 1.82) is 0 Å². The molecule has 0 bridgehead atoms. The van der Waals surface area contributed by atoms with Crippen LogP contribution in [-0.2, 0) is 9.59 Å². The first kappa shape index (κ1) is 28.3. The minimum atomic E-state index is -0.845. The molecule has 1 atom stereocenters. The average molecular weight is 500 g/mol. The highest BCUT2D eigenvalue weighted by atomic mass is 16.5. The van der Waals surface area contributed by atoms with Crippen LogP contribution in [0.1, 0.15) is 59.2 Å². The number of aromatic amines is 1. The molecule has 0 fully saturated rings. The van der Waals surface area contributed by atoms with Gasteiger partial charge in [-0.15, -0.1) is 0 Å². The zero-order chi connectivity index (χ0) is 26.3. The number of unbranched alkanes of at least 4 members (excludes halogenated alkanes) is 3. The van der Waals surface area contributed by atoms with Crippen molar-refractivity contribution in [3.8, 4) is 11.6 Å². The van der Waals surface area contributed by atoms with Crippen LogP contribution in [-0.4, -0.2) is 67.6 Å². The molecule has 2 rings (SSSR count). The van der Waals surface area contributed by atoms with Crippen LogP contribution in [0.25, 0.3) is 0 Å². The summed E-state index contributed by atoms with van der Waals surface area (Å²) < 4.78 is 11.3. The number of amides is 2. The van der Waals surface area contributed by atoms with Crippen molar-refractivity contribution in [2.75, 3.05) is 27.3 Å². The van der Waals surface area contributed by atoms with E-state index in [0.717, 1.165) is 25.7 Å². The van der Waals surface area contributed by atoms with E-state index in [4.69, 9.17) is 9.47 Å². The van der Waals surface area contributed by atoms with Gasteiger partial charge in [0.15, 0.2) is 17.6 Å². The van der Waals surface area contributed by atoms with Gasteiger partial charge in [-0.05, 0) is 50.3 Å². The van der Waals surface area contributed by atoms with Crippen molar-refractivity contribution in [2.45, 2.75) is 44.6 Å². The van der Waals surface area contributed by atoms with Crippen molar-refractivity contribution in [2.24, 2.45) is 0 Å². The summed E-state index contributed by atoms with van der Waals surface area (Å²) in [5.74, 6) is -0.0129. The van der Waals surface area contributed by atoms with Gasteiger partial charge in [0.1, 0.15) is 18.1 Å². The van der Waals surface area contributed by atoms with Gasteiger partial charge in [0.25, 0.3) is 5.91 Å². The Morgan fingerprint density at radius 2 is 1.78 bits per heavy atom. The predicted molar refractivity (Wildman–Crippen MR) is 134 cm³/mol. The Morgan fingerprint density at radius 1 is 1.06 bits per heavy atom. The number of hydrogen-bond acceptors (Lipinski definition) is 7. The summed E-state index contributed by atoms with van der Waals surface area (Å²) in [6, 6.07) is 6.62. The maximum atomic E-state index is 13.1. The molecule has 0 aliphatic heterocycles. The Balaban J connectivity index is 1.86. The lowest BCUT2D eigenvalue weighted by Crippen LogP contribution is -2.47. The Kier molecular flexibility index (Phi) is 11.9. The summed E-state index contributed by atoms with van der Waals surface area (Å²) in [6.45, 7) is 0.924. The van der Waals surface area contributed by atoms with Gasteiger partial charge in [0, 0.05) is 44.4 Å². The number of likely N-dealkylation sites (N-methyl/N-ethyl adjacent to an activating group) is 2. The molecule has 2 amide bonds. The molecular formula is C26H33N3O7. The van der Waals surface area contributed by atoms with Crippen LogP contribution in [0.3, 0.4) is 0 Å². The fourth-order valence-corrected chi connectivity index (χ4v) is 3.58. The van der Waals surface area contributed by atoms with Gasteiger partial charge in [-0.3, -0.25) is 19.2 Å². The van der Waals surface area contributed by atoms with E-state index in [2.05, 4.69) is 10.3 Å². The lowest BCUT2D eigenvalue weighted by molar-refractivity contribution is -0.125. The molecule has 0 spiro atoms. The number of aromatic nitrogens is 1. The summed E-state index contributed by atoms with van der Waals surface area (Å²) in [5.41, 5.74) is 0.203. The molecule has 1 unspecified atom stereocenters. The lowest BCUT2D eigenvalue weighted by Gasteiger charge is -2.27. The third-order valence-corrected chi connectivity index (χ3v) is 5.59. The van der Waals surface area contributed by atoms with E-state index in [-0.39, 0.29) is 29.4 Å². The van der Waals surface area contributed by atoms with Gasteiger partial charge in [-0.25, -0.2) is 0 Å². The van der Waals surface area contributed by atoms with Crippen LogP contribution >= 0.6 is 0 Å². The number of hydrogen-bond donors (Lipinski definition) is 2. The smallest absolute Gasteiger partial charge is 0.255 e. The monoisotopic (exact) mass is 499 g/mol. The lowest BCUT2D eigenvalue weighted by atomic mass is 10.0. The Morgan fingerprint density at radius 3 is 2.42 bits per heavy atom. The standard InChI is InChI=1S/C26H33N3O7/c1-27-25(33)23(8-7-13-30)29(2)26(34)22-17-21(10-9-19(22)18-31)35-14-5-3-4-6-15-36-24-16-20(32)11-12-28-24/h9-13,16-18,23H,3-8,14-15H2,1-2H3,(H,27,33)(H,28,32). The molecule has 0 aliphatic carbocycles. The molecule has 10 heteroatoms. The highest BCUT2D eigenvalue weighted by Crippen LogP contribution is 2.21. The zero-order valence-corrected chi connectivity index (χ0v) is 20.7. The predicted octanol–water partition coefficient (Wildman–Crippen LogP) is 2.37. The first-order valence-corrected chi connectivity index (χ1v) is 11.9. The minimum Gasteiger partial charge on any atom is -0.494 e. The number of nitrogens with one attached hydrogen (secondary N) is 2. The number of H-pyrrole nitrogens is 1. The van der Waals surface area contributed by atoms with E-state index >= 15 is 0 Å². The summed E-state index contributed by atoms with van der Waals surface area (Å²) >= 11 is 0. The van der Waals surface area contributed by atoms with Gasteiger partial charge >= 0.3 is 0 Å². The molecule has 0 saturated heterocycles. The van der Waals surface area contributed by atoms with Crippen molar-refractivity contribution >= 4 is 24.4 Å². The van der Waals surface area contributed by atoms with E-state index < -0.39 is 17.9 Å². The van der Waals surface area contributed by atoms with Crippen molar-refractivity contribution in [1.82, 2.24) is 15.2 Å². The Labute approximate surface area is 210 Å². The number of carbonyl (C=O) groups is 4. The molecule has 0 radical (unpaired) electrons. The molecule has 1 aromatic carbocycles. The maximum absolute atomic E-state index is 13.1. The molecule has 10 nitrogen and oxygen atoms in total. The quantitative estimate of drug-likeness (QED) is 0.267. The fourth-order valence-electron chi connectivity index (χ4n) is 3.58. The van der Waals surface area contributed by atoms with Crippen LogP contribution in [0.2, 0.25) is 0 Å². The summed E-state index contributed by atoms with van der Waals surface area (Å²) in [6.07, 6.45) is 6.54. The van der Waals surface area contributed by atoms with Gasteiger partial charge in [-0.1, -0.05) is 0 Å². The molecule has 194 valence electrons. The second-order valence-corrected chi connectivity index (χ2v) is 8.16. The minimum absolute atomic E-state index is 0.109. The topological polar surface area (TPSA) is 135 Å². The van der Waals surface area contributed by atoms with Crippen LogP contribution in [0, 0.1) is 0 Å². The molecular weight excluding hydrogens is 466 g/mol. The molecule has 1 heterocycles. The first-order valence-electron chi connectivity index (χ1n) is 11.9. The van der Waals surface area contributed by atoms with E-state index in [9.17, 15) is 24.0 Å². The third-order valence-electron chi connectivity index (χ3n) is 5.59. The Hall–Kier alpha value is -3.95. The molecule has 36 heavy (non-hydrogen) atoms. The number of nitrogens with zero attached hydrogens (tertiary/aromatic N) is 1. The molecule has 0 saturated carbocycles. The van der Waals surface area contributed by atoms with E-state index in [0.29, 0.717) is 37.4 Å². The van der Waals surface area contributed by atoms with E-state index in [1.165, 1.54) is 43.3 Å². The number of ether oxygens (including phenoxy) is 2. The number of rotatable bonds is 16. The summed E-state index contributed by atoms with van der Waals surface area (Å²) in [4.78, 5) is 63.0. The normalized spacial score (nSPS) is 11.3. The Bertz CT molecular complexity index is 1080. The van der Waals surface area contributed by atoms with E-state index in [1.54, 1.807) is 12.3 Å². The van der Waals surface area contributed by atoms with Gasteiger partial charge in [0.05, 0.1) is 18.8 Å². The van der Waals surface area contributed by atoms with Crippen molar-refractivity contribution in [3.63, 3.8) is 0 Å². The molecule has 0 aliphatic rings. The number of carbonyl (C=O) groups excluding carboxylic acids is 4. The number of pyridine rings is 1. The molecule has 2 N–H and O–H groups in total. The van der Waals surface area contributed by atoms with Crippen LogP contribution < -0.4 is 20.2 Å². The highest BCUT2D eigenvalue weighted by molar-refractivity contribution is 6.03. The fraction of sp³-hybridized carbons (Fsp3) is 0.423. The SMILES string of the molecule is CNC(=O)C(CCC=O)N(C)C(=O)c1cc(OCCCCCCOc2cc(=O)cc[nH]2)ccc1C=O. The number of benzene rings is 1. The van der Waals surface area contributed by atoms with E-state index in [1.807, 2.05) is 0 Å². The summed E-state index contributed by atoms with van der Waals surface area (Å²) in [5, 5.41) is 2.50. The maximum Gasteiger partial charge on any atom is 0.255 e.